The predicted molar refractivity (Wildman–Crippen MR) is 91.4 cm³/mol. The van der Waals surface area contributed by atoms with Crippen LogP contribution in [0.5, 0.6) is 5.88 Å². The first-order chi connectivity index (χ1) is 11.7. The van der Waals surface area contributed by atoms with Crippen LogP contribution in [0.4, 0.5) is 0 Å². The molecule has 0 bridgehead atoms. The van der Waals surface area contributed by atoms with Gasteiger partial charge in [-0.15, -0.1) is 11.3 Å². The molecule has 24 heavy (non-hydrogen) atoms. The van der Waals surface area contributed by atoms with E-state index in [-0.39, 0.29) is 17.6 Å². The van der Waals surface area contributed by atoms with Crippen LogP contribution in [-0.4, -0.2) is 47.2 Å². The highest BCUT2D eigenvalue weighted by Crippen LogP contribution is 2.36. The average Bonchev–Trinajstić information content (AvgIpc) is 3.26. The number of hydrogen-bond donors (Lipinski definition) is 0. The molecule has 2 aromatic heterocycles. The van der Waals surface area contributed by atoms with E-state index in [1.807, 2.05) is 40.6 Å². The fourth-order valence-electron chi connectivity index (χ4n) is 3.58. The van der Waals surface area contributed by atoms with Crippen LogP contribution in [0.25, 0.3) is 0 Å². The van der Waals surface area contributed by atoms with Crippen molar-refractivity contribution in [2.24, 2.45) is 0 Å². The maximum absolute atomic E-state index is 12.6. The second-order valence-electron chi connectivity index (χ2n) is 6.41. The molecule has 4 rings (SSSR count). The minimum atomic E-state index is -0.273. The summed E-state index contributed by atoms with van der Waals surface area (Å²) < 4.78 is 12.1. The molecular formula is C18H20N2O3S. The number of carbonyl (C=O) groups excluding carboxylic acids is 1. The maximum atomic E-state index is 12.6. The summed E-state index contributed by atoms with van der Waals surface area (Å²) in [5.41, 5.74) is -0.273. The van der Waals surface area contributed by atoms with Gasteiger partial charge in [0, 0.05) is 25.2 Å². The van der Waals surface area contributed by atoms with Crippen LogP contribution in [0.2, 0.25) is 0 Å². The number of carbonyl (C=O) groups is 1. The molecule has 0 radical (unpaired) electrons. The van der Waals surface area contributed by atoms with E-state index in [0.717, 1.165) is 30.7 Å². The highest BCUT2D eigenvalue weighted by molar-refractivity contribution is 7.12. The molecule has 4 heterocycles. The van der Waals surface area contributed by atoms with Crippen LogP contribution in [0.15, 0.2) is 41.9 Å². The number of amides is 1. The lowest BCUT2D eigenvalue weighted by molar-refractivity contribution is -0.0452. The minimum absolute atomic E-state index is 0.00306. The Balaban J connectivity index is 1.41. The second-order valence-corrected chi connectivity index (χ2v) is 7.36. The predicted octanol–water partition coefficient (Wildman–Crippen LogP) is 2.99. The number of aromatic nitrogens is 1. The van der Waals surface area contributed by atoms with E-state index >= 15 is 0 Å². The van der Waals surface area contributed by atoms with Crippen molar-refractivity contribution >= 4 is 17.2 Å². The molecule has 2 fully saturated rings. The first kappa shape index (κ1) is 15.6. The Labute approximate surface area is 145 Å². The van der Waals surface area contributed by atoms with E-state index in [1.54, 1.807) is 6.20 Å². The summed E-state index contributed by atoms with van der Waals surface area (Å²) in [5.74, 6) is 0.743. The van der Waals surface area contributed by atoms with Crippen LogP contribution in [-0.2, 0) is 4.74 Å². The van der Waals surface area contributed by atoms with Gasteiger partial charge in [-0.3, -0.25) is 4.79 Å². The lowest BCUT2D eigenvalue weighted by Gasteiger charge is -2.39. The third-order valence-electron chi connectivity index (χ3n) is 4.66. The van der Waals surface area contributed by atoms with Gasteiger partial charge in [0.1, 0.15) is 6.10 Å². The first-order valence-electron chi connectivity index (χ1n) is 8.29. The minimum Gasteiger partial charge on any atom is -0.472 e. The third kappa shape index (κ3) is 3.16. The van der Waals surface area contributed by atoms with E-state index in [1.165, 1.54) is 11.3 Å². The van der Waals surface area contributed by atoms with Crippen molar-refractivity contribution in [2.75, 3.05) is 19.7 Å². The number of thiophene rings is 1. The molecule has 2 aromatic rings. The Morgan fingerprint density at radius 3 is 3.12 bits per heavy atom. The monoisotopic (exact) mass is 344 g/mol. The molecule has 0 N–H and O–H groups in total. The Hall–Kier alpha value is -1.92. The standard InChI is InChI=1S/C18H20N2O3S/c21-17(15-5-3-10-24-15)20-9-4-7-18(13-20)11-14(12-22-18)23-16-6-1-2-8-19-16/h1-3,5-6,8,10,14H,4,7,9,11-13H2/t14-,18+/m1/s1. The molecule has 0 aromatic carbocycles. The lowest BCUT2D eigenvalue weighted by atomic mass is 9.89. The van der Waals surface area contributed by atoms with E-state index in [0.29, 0.717) is 19.0 Å². The normalized spacial score (nSPS) is 26.7. The van der Waals surface area contributed by atoms with Crippen molar-refractivity contribution in [1.29, 1.82) is 0 Å². The van der Waals surface area contributed by atoms with Crippen LogP contribution < -0.4 is 4.74 Å². The van der Waals surface area contributed by atoms with Gasteiger partial charge in [0.2, 0.25) is 5.88 Å². The van der Waals surface area contributed by atoms with Crippen LogP contribution in [0.3, 0.4) is 0 Å². The lowest BCUT2D eigenvalue weighted by Crippen LogP contribution is -2.50. The van der Waals surface area contributed by atoms with Crippen molar-refractivity contribution in [3.05, 3.63) is 46.8 Å². The highest BCUT2D eigenvalue weighted by atomic mass is 32.1. The molecule has 2 atom stereocenters. The summed E-state index contributed by atoms with van der Waals surface area (Å²) in [5, 5.41) is 1.94. The number of rotatable bonds is 3. The molecule has 6 heteroatoms. The van der Waals surface area contributed by atoms with E-state index in [4.69, 9.17) is 9.47 Å². The smallest absolute Gasteiger partial charge is 0.264 e. The molecule has 1 spiro atoms. The summed E-state index contributed by atoms with van der Waals surface area (Å²) in [4.78, 5) is 19.6. The van der Waals surface area contributed by atoms with Gasteiger partial charge in [-0.05, 0) is 30.4 Å². The molecule has 2 aliphatic rings. The molecule has 5 nitrogen and oxygen atoms in total. The zero-order valence-corrected chi connectivity index (χ0v) is 14.2. The number of hydrogen-bond acceptors (Lipinski definition) is 5. The number of ether oxygens (including phenoxy) is 2. The van der Waals surface area contributed by atoms with E-state index < -0.39 is 0 Å². The van der Waals surface area contributed by atoms with Crippen molar-refractivity contribution in [3.8, 4) is 5.88 Å². The van der Waals surface area contributed by atoms with Crippen molar-refractivity contribution in [3.63, 3.8) is 0 Å². The van der Waals surface area contributed by atoms with Gasteiger partial charge in [0.15, 0.2) is 0 Å². The zero-order valence-electron chi connectivity index (χ0n) is 13.4. The van der Waals surface area contributed by atoms with Crippen LogP contribution in [0, 0.1) is 0 Å². The summed E-state index contributed by atoms with van der Waals surface area (Å²) in [6, 6.07) is 9.44. The van der Waals surface area contributed by atoms with Gasteiger partial charge in [0.25, 0.3) is 5.91 Å². The van der Waals surface area contributed by atoms with Gasteiger partial charge in [-0.1, -0.05) is 12.1 Å². The fourth-order valence-corrected chi connectivity index (χ4v) is 4.27. The van der Waals surface area contributed by atoms with E-state index in [2.05, 4.69) is 4.98 Å². The first-order valence-corrected chi connectivity index (χ1v) is 9.17. The topological polar surface area (TPSA) is 51.7 Å². The largest absolute Gasteiger partial charge is 0.472 e. The van der Waals surface area contributed by atoms with E-state index in [9.17, 15) is 4.79 Å². The van der Waals surface area contributed by atoms with Crippen LogP contribution in [0.1, 0.15) is 28.9 Å². The molecule has 0 unspecified atom stereocenters. The van der Waals surface area contributed by atoms with Crippen molar-refractivity contribution in [1.82, 2.24) is 9.88 Å². The van der Waals surface area contributed by atoms with Gasteiger partial charge < -0.3 is 14.4 Å². The SMILES string of the molecule is O=C(c1cccs1)N1CCC[C@]2(C[C@@H](Oc3ccccn3)CO2)C1. The number of nitrogens with zero attached hydrogens (tertiary/aromatic N) is 2. The summed E-state index contributed by atoms with van der Waals surface area (Å²) in [7, 11) is 0. The van der Waals surface area contributed by atoms with Crippen molar-refractivity contribution in [2.45, 2.75) is 31.0 Å². The number of likely N-dealkylation sites (tertiary alicyclic amines) is 1. The Morgan fingerprint density at radius 2 is 2.33 bits per heavy atom. The Morgan fingerprint density at radius 1 is 1.38 bits per heavy atom. The number of piperidine rings is 1. The molecular weight excluding hydrogens is 324 g/mol. The van der Waals surface area contributed by atoms with Gasteiger partial charge in [0.05, 0.1) is 23.6 Å². The molecule has 2 aliphatic heterocycles. The van der Waals surface area contributed by atoms with Crippen molar-refractivity contribution < 1.29 is 14.3 Å². The molecule has 1 amide bonds. The Bertz CT molecular complexity index is 692. The Kier molecular flexibility index (Phi) is 4.24. The van der Waals surface area contributed by atoms with Gasteiger partial charge in [-0.25, -0.2) is 4.98 Å². The molecule has 0 saturated carbocycles. The quantitative estimate of drug-likeness (QED) is 0.859. The maximum Gasteiger partial charge on any atom is 0.264 e. The second kappa shape index (κ2) is 6.53. The zero-order chi connectivity index (χ0) is 16.4. The van der Waals surface area contributed by atoms with Crippen LogP contribution >= 0.6 is 11.3 Å². The van der Waals surface area contributed by atoms with Gasteiger partial charge >= 0.3 is 0 Å². The summed E-state index contributed by atoms with van der Waals surface area (Å²) in [6.07, 6.45) is 4.47. The average molecular weight is 344 g/mol. The fraction of sp³-hybridized carbons (Fsp3) is 0.444. The highest BCUT2D eigenvalue weighted by Gasteiger charge is 2.45. The third-order valence-corrected chi connectivity index (χ3v) is 5.52. The summed E-state index contributed by atoms with van der Waals surface area (Å²) >= 11 is 1.49. The molecule has 2 saturated heterocycles. The van der Waals surface area contributed by atoms with Gasteiger partial charge in [-0.2, -0.15) is 0 Å². The summed E-state index contributed by atoms with van der Waals surface area (Å²) in [6.45, 7) is 2.00. The molecule has 0 aliphatic carbocycles. The molecule has 126 valence electrons. The number of pyridine rings is 1.